The Morgan fingerprint density at radius 2 is 2.09 bits per heavy atom. The molecule has 130 valence electrons. The summed E-state index contributed by atoms with van der Waals surface area (Å²) in [5.74, 6) is -0.467. The smallest absolute Gasteiger partial charge is 0.305 e. The molecule has 23 heavy (non-hydrogen) atoms. The fraction of sp³-hybridized carbons (Fsp3) is 0.812. The van der Waals surface area contributed by atoms with Crippen LogP contribution in [-0.4, -0.2) is 61.5 Å². The number of methoxy groups -OCH3 is 1. The van der Waals surface area contributed by atoms with Crippen LogP contribution in [0.25, 0.3) is 0 Å². The molecular weight excluding hydrogens is 298 g/mol. The monoisotopic (exact) mass is 325 g/mol. The maximum Gasteiger partial charge on any atom is 0.305 e. The number of esters is 1. The van der Waals surface area contributed by atoms with Crippen LogP contribution >= 0.6 is 0 Å². The SMILES string of the molecule is COC(=O)CCCNC(=O)C[C@@H]1C(=O)NCCN1C1CCCC1. The second kappa shape index (κ2) is 8.86. The first-order valence-electron chi connectivity index (χ1n) is 8.49. The molecule has 0 radical (unpaired) electrons. The Morgan fingerprint density at radius 3 is 2.78 bits per heavy atom. The fourth-order valence-corrected chi connectivity index (χ4v) is 3.43. The summed E-state index contributed by atoms with van der Waals surface area (Å²) >= 11 is 0. The van der Waals surface area contributed by atoms with E-state index in [9.17, 15) is 14.4 Å². The van der Waals surface area contributed by atoms with E-state index in [0.717, 1.165) is 19.4 Å². The van der Waals surface area contributed by atoms with Crippen LogP contribution in [0.4, 0.5) is 0 Å². The van der Waals surface area contributed by atoms with Gasteiger partial charge in [-0.1, -0.05) is 12.8 Å². The average Bonchev–Trinajstić information content (AvgIpc) is 3.07. The molecule has 0 bridgehead atoms. The molecule has 2 N–H and O–H groups in total. The molecule has 0 spiro atoms. The number of piperazine rings is 1. The summed E-state index contributed by atoms with van der Waals surface area (Å²) in [4.78, 5) is 37.5. The van der Waals surface area contributed by atoms with Gasteiger partial charge < -0.3 is 15.4 Å². The van der Waals surface area contributed by atoms with E-state index in [1.54, 1.807) is 0 Å². The van der Waals surface area contributed by atoms with Gasteiger partial charge in [0, 0.05) is 32.1 Å². The van der Waals surface area contributed by atoms with Crippen molar-refractivity contribution in [1.82, 2.24) is 15.5 Å². The Bertz CT molecular complexity index is 435. The maximum atomic E-state index is 12.2. The molecule has 2 amide bonds. The quantitative estimate of drug-likeness (QED) is 0.515. The number of nitrogens with one attached hydrogen (secondary N) is 2. The lowest BCUT2D eigenvalue weighted by Crippen LogP contribution is -2.59. The van der Waals surface area contributed by atoms with Crippen molar-refractivity contribution in [2.24, 2.45) is 0 Å². The van der Waals surface area contributed by atoms with Crippen molar-refractivity contribution in [3.63, 3.8) is 0 Å². The van der Waals surface area contributed by atoms with E-state index < -0.39 is 0 Å². The summed E-state index contributed by atoms with van der Waals surface area (Å²) < 4.78 is 4.55. The largest absolute Gasteiger partial charge is 0.469 e. The molecule has 7 heteroatoms. The second-order valence-electron chi connectivity index (χ2n) is 6.22. The number of amides is 2. The van der Waals surface area contributed by atoms with Gasteiger partial charge in [0.25, 0.3) is 0 Å². The van der Waals surface area contributed by atoms with Crippen molar-refractivity contribution in [2.75, 3.05) is 26.7 Å². The molecule has 1 atom stereocenters. The van der Waals surface area contributed by atoms with Gasteiger partial charge in [0.2, 0.25) is 11.8 Å². The first kappa shape index (κ1) is 17.7. The van der Waals surface area contributed by atoms with Crippen LogP contribution in [0.15, 0.2) is 0 Å². The zero-order chi connectivity index (χ0) is 16.7. The zero-order valence-electron chi connectivity index (χ0n) is 13.8. The summed E-state index contributed by atoms with van der Waals surface area (Å²) in [7, 11) is 1.35. The highest BCUT2D eigenvalue weighted by Gasteiger charge is 2.36. The number of hydrogen-bond donors (Lipinski definition) is 2. The van der Waals surface area contributed by atoms with Crippen molar-refractivity contribution in [3.05, 3.63) is 0 Å². The van der Waals surface area contributed by atoms with E-state index in [0.29, 0.717) is 25.6 Å². The topological polar surface area (TPSA) is 87.7 Å². The lowest BCUT2D eigenvalue weighted by Gasteiger charge is -2.38. The maximum absolute atomic E-state index is 12.2. The predicted molar refractivity (Wildman–Crippen MR) is 84.6 cm³/mol. The average molecular weight is 325 g/mol. The number of ether oxygens (including phenoxy) is 1. The highest BCUT2D eigenvalue weighted by Crippen LogP contribution is 2.26. The van der Waals surface area contributed by atoms with Crippen LogP contribution in [0.5, 0.6) is 0 Å². The Hall–Kier alpha value is -1.63. The summed E-state index contributed by atoms with van der Waals surface area (Å²) in [6, 6.07) is 0.0608. The molecular formula is C16H27N3O4. The number of carbonyl (C=O) groups excluding carboxylic acids is 3. The van der Waals surface area contributed by atoms with E-state index in [4.69, 9.17) is 0 Å². The third-order valence-electron chi connectivity index (χ3n) is 4.65. The van der Waals surface area contributed by atoms with Gasteiger partial charge in [-0.05, 0) is 19.3 Å². The third-order valence-corrected chi connectivity index (χ3v) is 4.65. The van der Waals surface area contributed by atoms with Gasteiger partial charge >= 0.3 is 5.97 Å². The molecule has 2 aliphatic rings. The number of nitrogens with zero attached hydrogens (tertiary/aromatic N) is 1. The lowest BCUT2D eigenvalue weighted by atomic mass is 10.0. The van der Waals surface area contributed by atoms with E-state index >= 15 is 0 Å². The summed E-state index contributed by atoms with van der Waals surface area (Å²) in [6.45, 7) is 1.90. The minimum atomic E-state index is -0.368. The second-order valence-corrected chi connectivity index (χ2v) is 6.22. The molecule has 1 saturated heterocycles. The van der Waals surface area contributed by atoms with Gasteiger partial charge in [-0.15, -0.1) is 0 Å². The first-order valence-corrected chi connectivity index (χ1v) is 8.49. The predicted octanol–water partition coefficient (Wildman–Crippen LogP) is 0.189. The minimum Gasteiger partial charge on any atom is -0.469 e. The minimum absolute atomic E-state index is 0.0483. The molecule has 1 aliphatic carbocycles. The van der Waals surface area contributed by atoms with Crippen molar-refractivity contribution >= 4 is 17.8 Å². The van der Waals surface area contributed by atoms with Crippen LogP contribution in [-0.2, 0) is 19.1 Å². The number of carbonyl (C=O) groups is 3. The van der Waals surface area contributed by atoms with Gasteiger partial charge in [-0.3, -0.25) is 19.3 Å². The van der Waals surface area contributed by atoms with Gasteiger partial charge in [0.05, 0.1) is 19.6 Å². The summed E-state index contributed by atoms with van der Waals surface area (Å²) in [5, 5.41) is 5.65. The molecule has 1 heterocycles. The van der Waals surface area contributed by atoms with Crippen LogP contribution in [0, 0.1) is 0 Å². The molecule has 0 unspecified atom stereocenters. The number of hydrogen-bond acceptors (Lipinski definition) is 5. The number of rotatable bonds is 7. The molecule has 7 nitrogen and oxygen atoms in total. The molecule has 2 fully saturated rings. The Kier molecular flexibility index (Phi) is 6.83. The highest BCUT2D eigenvalue weighted by molar-refractivity contribution is 5.88. The molecule has 1 saturated carbocycles. The molecule has 1 aliphatic heterocycles. The van der Waals surface area contributed by atoms with Crippen molar-refractivity contribution in [1.29, 1.82) is 0 Å². The van der Waals surface area contributed by atoms with Crippen LogP contribution in [0.2, 0.25) is 0 Å². The Balaban J connectivity index is 1.79. The van der Waals surface area contributed by atoms with Gasteiger partial charge in [0.1, 0.15) is 0 Å². The molecule has 0 aromatic rings. The van der Waals surface area contributed by atoms with Crippen LogP contribution < -0.4 is 10.6 Å². The van der Waals surface area contributed by atoms with E-state index in [1.807, 2.05) is 0 Å². The van der Waals surface area contributed by atoms with Gasteiger partial charge in [-0.25, -0.2) is 0 Å². The van der Waals surface area contributed by atoms with Crippen molar-refractivity contribution < 1.29 is 19.1 Å². The van der Waals surface area contributed by atoms with Crippen molar-refractivity contribution in [3.8, 4) is 0 Å². The summed E-state index contributed by atoms with van der Waals surface area (Å²) in [6.07, 6.45) is 5.65. The molecule has 0 aromatic heterocycles. The highest BCUT2D eigenvalue weighted by atomic mass is 16.5. The Morgan fingerprint density at radius 1 is 1.35 bits per heavy atom. The lowest BCUT2D eigenvalue weighted by molar-refractivity contribution is -0.140. The third kappa shape index (κ3) is 5.20. The van der Waals surface area contributed by atoms with Gasteiger partial charge in [-0.2, -0.15) is 0 Å². The Labute approximate surface area is 137 Å². The van der Waals surface area contributed by atoms with Crippen LogP contribution in [0.3, 0.4) is 0 Å². The van der Waals surface area contributed by atoms with Gasteiger partial charge in [0.15, 0.2) is 0 Å². The standard InChI is InChI=1S/C16H27N3O4/c1-23-15(21)7-4-8-17-14(20)11-13-16(22)18-9-10-19(13)12-5-2-3-6-12/h12-13H,2-11H2,1H3,(H,17,20)(H,18,22)/t13-/m1/s1. The van der Waals surface area contributed by atoms with Crippen LogP contribution in [0.1, 0.15) is 44.9 Å². The van der Waals surface area contributed by atoms with E-state index in [-0.39, 0.29) is 36.7 Å². The van der Waals surface area contributed by atoms with E-state index in [1.165, 1.54) is 20.0 Å². The normalized spacial score (nSPS) is 22.7. The molecule has 0 aromatic carbocycles. The molecule has 2 rings (SSSR count). The first-order chi connectivity index (χ1) is 11.1. The van der Waals surface area contributed by atoms with E-state index in [2.05, 4.69) is 20.3 Å². The zero-order valence-corrected chi connectivity index (χ0v) is 13.8. The van der Waals surface area contributed by atoms with Crippen molar-refractivity contribution in [2.45, 2.75) is 57.0 Å². The fourth-order valence-electron chi connectivity index (χ4n) is 3.43. The summed E-state index contributed by atoms with van der Waals surface area (Å²) in [5.41, 5.74) is 0.